The number of hydrogen-bond acceptors (Lipinski definition) is 3. The summed E-state index contributed by atoms with van der Waals surface area (Å²) in [6.45, 7) is 1.43. The second-order valence-corrected chi connectivity index (χ2v) is 5.97. The number of methoxy groups -OCH3 is 1. The lowest BCUT2D eigenvalue weighted by atomic mass is 9.77. The summed E-state index contributed by atoms with van der Waals surface area (Å²) in [5.74, 6) is 0.195. The van der Waals surface area contributed by atoms with Crippen LogP contribution < -0.4 is 5.73 Å². The first-order valence-electron chi connectivity index (χ1n) is 7.33. The zero-order valence-electron chi connectivity index (χ0n) is 12.0. The fourth-order valence-corrected chi connectivity index (χ4v) is 3.23. The summed E-state index contributed by atoms with van der Waals surface area (Å²) in [6.07, 6.45) is 4.57. The first kappa shape index (κ1) is 13.4. The Morgan fingerprint density at radius 1 is 1.45 bits per heavy atom. The molecule has 0 aromatic heterocycles. The molecule has 1 amide bonds. The highest BCUT2D eigenvalue weighted by Crippen LogP contribution is 2.38. The second kappa shape index (κ2) is 5.09. The minimum Gasteiger partial charge on any atom is -0.398 e. The Balaban J connectivity index is 1.70. The molecule has 0 saturated heterocycles. The van der Waals surface area contributed by atoms with Gasteiger partial charge in [0.2, 0.25) is 5.91 Å². The van der Waals surface area contributed by atoms with Crippen molar-refractivity contribution in [2.24, 2.45) is 0 Å². The number of nitrogens with zero attached hydrogens (tertiary/aromatic N) is 1. The molecule has 1 aromatic rings. The van der Waals surface area contributed by atoms with Gasteiger partial charge in [0.05, 0.1) is 12.0 Å². The summed E-state index contributed by atoms with van der Waals surface area (Å²) < 4.78 is 5.56. The smallest absolute Gasteiger partial charge is 0.225 e. The monoisotopic (exact) mass is 274 g/mol. The summed E-state index contributed by atoms with van der Waals surface area (Å²) in [4.78, 5) is 14.4. The number of amides is 1. The third kappa shape index (κ3) is 2.29. The third-order valence-corrected chi connectivity index (χ3v) is 4.83. The van der Waals surface area contributed by atoms with E-state index in [1.807, 2.05) is 17.0 Å². The second-order valence-electron chi connectivity index (χ2n) is 5.97. The van der Waals surface area contributed by atoms with Crippen molar-refractivity contribution in [2.75, 3.05) is 19.4 Å². The van der Waals surface area contributed by atoms with Gasteiger partial charge in [-0.2, -0.15) is 0 Å². The van der Waals surface area contributed by atoms with Gasteiger partial charge in [-0.3, -0.25) is 4.79 Å². The number of hydrogen-bond donors (Lipinski definition) is 1. The predicted octanol–water partition coefficient (Wildman–Crippen LogP) is 2.11. The molecule has 2 N–H and O–H groups in total. The van der Waals surface area contributed by atoms with E-state index in [2.05, 4.69) is 6.07 Å². The summed E-state index contributed by atoms with van der Waals surface area (Å²) in [5.41, 5.74) is 9.03. The average Bonchev–Trinajstić information content (AvgIpc) is 2.43. The van der Waals surface area contributed by atoms with Gasteiger partial charge in [-0.1, -0.05) is 12.1 Å². The molecule has 4 heteroatoms. The Morgan fingerprint density at radius 2 is 2.25 bits per heavy atom. The zero-order valence-corrected chi connectivity index (χ0v) is 12.0. The Labute approximate surface area is 119 Å². The van der Waals surface area contributed by atoms with Crippen molar-refractivity contribution >= 4 is 11.6 Å². The summed E-state index contributed by atoms with van der Waals surface area (Å²) in [7, 11) is 1.72. The molecule has 0 bridgehead atoms. The van der Waals surface area contributed by atoms with Crippen LogP contribution in [-0.2, 0) is 22.5 Å². The van der Waals surface area contributed by atoms with Gasteiger partial charge in [0.15, 0.2) is 0 Å². The zero-order chi connectivity index (χ0) is 14.2. The topological polar surface area (TPSA) is 55.6 Å². The number of nitrogens with two attached hydrogens (primary N) is 1. The van der Waals surface area contributed by atoms with E-state index in [1.54, 1.807) is 7.11 Å². The molecular weight excluding hydrogens is 252 g/mol. The molecule has 1 fully saturated rings. The standard InChI is InChI=1S/C16H22N2O2/c1-20-16(7-3-8-16)10-15(19)18-9-6-12-4-2-5-14(17)13(12)11-18/h2,4-5H,3,6-11,17H2,1H3. The maximum absolute atomic E-state index is 12.5. The molecule has 20 heavy (non-hydrogen) atoms. The number of anilines is 1. The van der Waals surface area contributed by atoms with E-state index in [1.165, 1.54) is 5.56 Å². The maximum atomic E-state index is 12.5. The van der Waals surface area contributed by atoms with E-state index in [-0.39, 0.29) is 11.5 Å². The van der Waals surface area contributed by atoms with Crippen LogP contribution in [0.1, 0.15) is 36.8 Å². The summed E-state index contributed by atoms with van der Waals surface area (Å²) in [5, 5.41) is 0. The van der Waals surface area contributed by atoms with E-state index < -0.39 is 0 Å². The number of nitrogen functional groups attached to an aromatic ring is 1. The van der Waals surface area contributed by atoms with Gasteiger partial charge in [-0.05, 0) is 42.9 Å². The van der Waals surface area contributed by atoms with Crippen LogP contribution in [0.3, 0.4) is 0 Å². The summed E-state index contributed by atoms with van der Waals surface area (Å²) >= 11 is 0. The lowest BCUT2D eigenvalue weighted by Crippen LogP contribution is -2.46. The molecule has 0 atom stereocenters. The molecule has 1 aliphatic carbocycles. The Morgan fingerprint density at radius 3 is 2.90 bits per heavy atom. The number of benzene rings is 1. The van der Waals surface area contributed by atoms with Gasteiger partial charge < -0.3 is 15.4 Å². The van der Waals surface area contributed by atoms with Crippen molar-refractivity contribution < 1.29 is 9.53 Å². The van der Waals surface area contributed by atoms with Gasteiger partial charge in [0.25, 0.3) is 0 Å². The maximum Gasteiger partial charge on any atom is 0.225 e. The van der Waals surface area contributed by atoms with Crippen molar-refractivity contribution in [1.82, 2.24) is 4.90 Å². The van der Waals surface area contributed by atoms with Crippen LogP contribution in [-0.4, -0.2) is 30.1 Å². The van der Waals surface area contributed by atoms with Gasteiger partial charge in [0.1, 0.15) is 0 Å². The molecule has 1 aromatic carbocycles. The van der Waals surface area contributed by atoms with E-state index >= 15 is 0 Å². The predicted molar refractivity (Wildman–Crippen MR) is 78.2 cm³/mol. The minimum absolute atomic E-state index is 0.195. The highest BCUT2D eigenvalue weighted by molar-refractivity contribution is 5.78. The first-order chi connectivity index (χ1) is 9.63. The van der Waals surface area contributed by atoms with Crippen LogP contribution in [0.5, 0.6) is 0 Å². The summed E-state index contributed by atoms with van der Waals surface area (Å²) in [6, 6.07) is 6.01. The van der Waals surface area contributed by atoms with E-state index in [0.717, 1.165) is 43.5 Å². The Bertz CT molecular complexity index is 518. The number of ether oxygens (including phenoxy) is 1. The van der Waals surface area contributed by atoms with E-state index in [9.17, 15) is 4.79 Å². The van der Waals surface area contributed by atoms with Crippen LogP contribution in [0, 0.1) is 0 Å². The van der Waals surface area contributed by atoms with Crippen LogP contribution in [0.15, 0.2) is 18.2 Å². The molecule has 0 radical (unpaired) electrons. The lowest BCUT2D eigenvalue weighted by Gasteiger charge is -2.41. The molecule has 0 unspecified atom stereocenters. The number of carbonyl (C=O) groups excluding carboxylic acids is 1. The average molecular weight is 274 g/mol. The molecule has 2 aliphatic rings. The minimum atomic E-state index is -0.195. The molecule has 108 valence electrons. The van der Waals surface area contributed by atoms with Crippen molar-refractivity contribution in [3.63, 3.8) is 0 Å². The van der Waals surface area contributed by atoms with Crippen molar-refractivity contribution in [3.8, 4) is 0 Å². The highest BCUT2D eigenvalue weighted by atomic mass is 16.5. The lowest BCUT2D eigenvalue weighted by molar-refractivity contribution is -0.145. The quantitative estimate of drug-likeness (QED) is 0.859. The fraction of sp³-hybridized carbons (Fsp3) is 0.562. The van der Waals surface area contributed by atoms with Crippen molar-refractivity contribution in [3.05, 3.63) is 29.3 Å². The molecule has 1 heterocycles. The SMILES string of the molecule is COC1(CC(=O)N2CCc3cccc(N)c3C2)CCC1. The number of rotatable bonds is 3. The number of carbonyl (C=O) groups is 1. The third-order valence-electron chi connectivity index (χ3n) is 4.83. The van der Waals surface area contributed by atoms with Crippen LogP contribution in [0.25, 0.3) is 0 Å². The van der Waals surface area contributed by atoms with E-state index in [0.29, 0.717) is 13.0 Å². The largest absolute Gasteiger partial charge is 0.398 e. The Kier molecular flexibility index (Phi) is 3.42. The van der Waals surface area contributed by atoms with E-state index in [4.69, 9.17) is 10.5 Å². The first-order valence-corrected chi connectivity index (χ1v) is 7.33. The van der Waals surface area contributed by atoms with Gasteiger partial charge in [-0.25, -0.2) is 0 Å². The number of fused-ring (bicyclic) bond motifs is 1. The highest BCUT2D eigenvalue weighted by Gasteiger charge is 2.40. The molecule has 1 saturated carbocycles. The molecule has 0 spiro atoms. The van der Waals surface area contributed by atoms with Crippen molar-refractivity contribution in [1.29, 1.82) is 0 Å². The molecule has 3 rings (SSSR count). The van der Waals surface area contributed by atoms with Gasteiger partial charge in [-0.15, -0.1) is 0 Å². The van der Waals surface area contributed by atoms with Crippen molar-refractivity contribution in [2.45, 2.75) is 44.2 Å². The Hall–Kier alpha value is -1.55. The van der Waals surface area contributed by atoms with Crippen LogP contribution in [0.2, 0.25) is 0 Å². The van der Waals surface area contributed by atoms with Gasteiger partial charge in [0, 0.05) is 25.9 Å². The normalized spacial score (nSPS) is 20.1. The fourth-order valence-electron chi connectivity index (χ4n) is 3.23. The van der Waals surface area contributed by atoms with Crippen LogP contribution in [0.4, 0.5) is 5.69 Å². The molecular formula is C16H22N2O2. The van der Waals surface area contributed by atoms with Gasteiger partial charge >= 0.3 is 0 Å². The molecule has 1 aliphatic heterocycles. The molecule has 4 nitrogen and oxygen atoms in total. The van der Waals surface area contributed by atoms with Crippen LogP contribution >= 0.6 is 0 Å².